The van der Waals surface area contributed by atoms with E-state index in [2.05, 4.69) is 11.6 Å². The largest absolute Gasteiger partial charge is 0.462 e. The summed E-state index contributed by atoms with van der Waals surface area (Å²) >= 11 is 7.05. The van der Waals surface area contributed by atoms with Crippen molar-refractivity contribution in [1.29, 1.82) is 0 Å². The number of thiazole rings is 1. The molecule has 2 aromatic rings. The Morgan fingerprint density at radius 2 is 2.14 bits per heavy atom. The number of halogens is 1. The summed E-state index contributed by atoms with van der Waals surface area (Å²) in [5.41, 5.74) is 0.999. The number of hydrogen-bond acceptors (Lipinski definition) is 5. The fraction of sp³-hybridized carbons (Fsp3) is 0.200. The minimum atomic E-state index is -1.12. The monoisotopic (exact) mass is 323 g/mol. The zero-order valence-electron chi connectivity index (χ0n) is 11.2. The Bertz CT molecular complexity index is 610. The van der Waals surface area contributed by atoms with Gasteiger partial charge in [-0.2, -0.15) is 0 Å². The molecule has 0 saturated heterocycles. The lowest BCUT2D eigenvalue weighted by molar-refractivity contribution is -0.140. The molecular formula is C15H14ClNO3S. The van der Waals surface area contributed by atoms with Crippen LogP contribution in [0.15, 0.2) is 48.0 Å². The van der Waals surface area contributed by atoms with Crippen molar-refractivity contribution in [2.75, 3.05) is 6.61 Å². The van der Waals surface area contributed by atoms with E-state index in [4.69, 9.17) is 16.3 Å². The summed E-state index contributed by atoms with van der Waals surface area (Å²) < 4.78 is 5.10. The molecule has 0 fully saturated rings. The second-order valence-corrected chi connectivity index (χ2v) is 5.67. The first kappa shape index (κ1) is 15.7. The highest BCUT2D eigenvalue weighted by Gasteiger charge is 2.21. The summed E-state index contributed by atoms with van der Waals surface area (Å²) in [5, 5.41) is 12.7. The number of nitrogens with zero attached hydrogens (tertiary/aromatic N) is 1. The number of benzene rings is 1. The normalized spacial score (nSPS) is 11.9. The van der Waals surface area contributed by atoms with Gasteiger partial charge in [-0.25, -0.2) is 9.78 Å². The van der Waals surface area contributed by atoms with Crippen LogP contribution >= 0.6 is 22.9 Å². The van der Waals surface area contributed by atoms with Gasteiger partial charge in [-0.3, -0.25) is 0 Å². The Morgan fingerprint density at radius 3 is 2.76 bits per heavy atom. The molecule has 0 bridgehead atoms. The second-order valence-electron chi connectivity index (χ2n) is 4.31. The Kier molecular flexibility index (Phi) is 5.50. The summed E-state index contributed by atoms with van der Waals surface area (Å²) in [6.07, 6.45) is 1.01. The first-order valence-electron chi connectivity index (χ1n) is 6.25. The summed E-state index contributed by atoms with van der Waals surface area (Å²) in [6.45, 7) is 3.78. The highest BCUT2D eigenvalue weighted by Crippen LogP contribution is 2.22. The van der Waals surface area contributed by atoms with Gasteiger partial charge in [-0.05, 0) is 17.7 Å². The topological polar surface area (TPSA) is 59.4 Å². The van der Waals surface area contributed by atoms with E-state index in [-0.39, 0.29) is 12.2 Å². The van der Waals surface area contributed by atoms with Gasteiger partial charge in [0.25, 0.3) is 0 Å². The van der Waals surface area contributed by atoms with Crippen LogP contribution in [0.2, 0.25) is 5.02 Å². The molecule has 1 heterocycles. The molecule has 0 amide bonds. The Labute approximate surface area is 131 Å². The van der Waals surface area contributed by atoms with Crippen molar-refractivity contribution in [3.8, 4) is 0 Å². The van der Waals surface area contributed by atoms with Crippen molar-refractivity contribution in [2.24, 2.45) is 0 Å². The summed E-state index contributed by atoms with van der Waals surface area (Å²) in [7, 11) is 0. The fourth-order valence-electron chi connectivity index (χ4n) is 1.64. The van der Waals surface area contributed by atoms with E-state index in [1.807, 2.05) is 12.1 Å². The van der Waals surface area contributed by atoms with Crippen LogP contribution in [0.1, 0.15) is 16.7 Å². The zero-order valence-corrected chi connectivity index (χ0v) is 12.7. The third-order valence-electron chi connectivity index (χ3n) is 2.81. The fourth-order valence-corrected chi connectivity index (χ4v) is 2.42. The number of rotatable bonds is 6. The minimum Gasteiger partial charge on any atom is -0.462 e. The number of carbonyl (C=O) groups excluding carboxylic acids is 1. The van der Waals surface area contributed by atoms with Gasteiger partial charge in [0, 0.05) is 23.0 Å². The standard InChI is InChI=1S/C15H14ClNO3S/c1-10(13(18)14-17-7-9-21-14)15(19)20-8-6-11-2-4-12(16)5-3-11/h2-5,7,9,13,18H,1,6,8H2. The first-order valence-corrected chi connectivity index (χ1v) is 7.51. The SMILES string of the molecule is C=C(C(=O)OCCc1ccc(Cl)cc1)C(O)c1nccs1. The van der Waals surface area contributed by atoms with Gasteiger partial charge in [0.2, 0.25) is 0 Å². The van der Waals surface area contributed by atoms with Crippen LogP contribution in [-0.4, -0.2) is 22.7 Å². The Morgan fingerprint density at radius 1 is 1.43 bits per heavy atom. The van der Waals surface area contributed by atoms with Crippen LogP contribution in [0, 0.1) is 0 Å². The molecular weight excluding hydrogens is 310 g/mol. The van der Waals surface area contributed by atoms with Gasteiger partial charge in [-0.15, -0.1) is 11.3 Å². The Balaban J connectivity index is 1.81. The van der Waals surface area contributed by atoms with E-state index in [0.717, 1.165) is 5.56 Å². The van der Waals surface area contributed by atoms with Crippen LogP contribution in [0.3, 0.4) is 0 Å². The van der Waals surface area contributed by atoms with Gasteiger partial charge in [0.1, 0.15) is 11.1 Å². The smallest absolute Gasteiger partial charge is 0.336 e. The highest BCUT2D eigenvalue weighted by molar-refractivity contribution is 7.09. The van der Waals surface area contributed by atoms with Crippen LogP contribution < -0.4 is 0 Å². The van der Waals surface area contributed by atoms with Crippen molar-refractivity contribution < 1.29 is 14.6 Å². The number of ether oxygens (including phenoxy) is 1. The zero-order chi connectivity index (χ0) is 15.2. The molecule has 6 heteroatoms. The summed E-state index contributed by atoms with van der Waals surface area (Å²) in [5.74, 6) is -0.619. The maximum atomic E-state index is 11.8. The summed E-state index contributed by atoms with van der Waals surface area (Å²) in [6, 6.07) is 7.30. The van der Waals surface area contributed by atoms with E-state index >= 15 is 0 Å². The lowest BCUT2D eigenvalue weighted by Gasteiger charge is -2.11. The van der Waals surface area contributed by atoms with Gasteiger partial charge in [0.15, 0.2) is 0 Å². The van der Waals surface area contributed by atoms with Crippen LogP contribution in [0.4, 0.5) is 0 Å². The van der Waals surface area contributed by atoms with E-state index in [9.17, 15) is 9.90 Å². The van der Waals surface area contributed by atoms with Crippen molar-refractivity contribution in [2.45, 2.75) is 12.5 Å². The number of carbonyl (C=O) groups is 1. The minimum absolute atomic E-state index is 0.0129. The van der Waals surface area contributed by atoms with Gasteiger partial charge in [0.05, 0.1) is 12.2 Å². The van der Waals surface area contributed by atoms with Crippen molar-refractivity contribution in [1.82, 2.24) is 4.98 Å². The third-order valence-corrected chi connectivity index (χ3v) is 3.89. The molecule has 0 aliphatic heterocycles. The molecule has 0 aliphatic rings. The maximum Gasteiger partial charge on any atom is 0.336 e. The average Bonchev–Trinajstić information content (AvgIpc) is 3.02. The van der Waals surface area contributed by atoms with E-state index in [1.165, 1.54) is 11.3 Å². The number of aliphatic hydroxyl groups is 1. The van der Waals surface area contributed by atoms with Gasteiger partial charge < -0.3 is 9.84 Å². The van der Waals surface area contributed by atoms with E-state index in [1.54, 1.807) is 23.7 Å². The van der Waals surface area contributed by atoms with Crippen molar-refractivity contribution in [3.63, 3.8) is 0 Å². The number of aliphatic hydroxyl groups excluding tert-OH is 1. The highest BCUT2D eigenvalue weighted by atomic mass is 35.5. The number of aromatic nitrogens is 1. The van der Waals surface area contributed by atoms with Crippen molar-refractivity contribution >= 4 is 28.9 Å². The molecule has 1 unspecified atom stereocenters. The van der Waals surface area contributed by atoms with Crippen LogP contribution in [0.5, 0.6) is 0 Å². The average molecular weight is 324 g/mol. The molecule has 1 N–H and O–H groups in total. The molecule has 2 rings (SSSR count). The number of hydrogen-bond donors (Lipinski definition) is 1. The second kappa shape index (κ2) is 7.36. The third kappa shape index (κ3) is 4.39. The van der Waals surface area contributed by atoms with E-state index in [0.29, 0.717) is 16.5 Å². The molecule has 0 radical (unpaired) electrons. The van der Waals surface area contributed by atoms with Crippen LogP contribution in [0.25, 0.3) is 0 Å². The van der Waals surface area contributed by atoms with Crippen LogP contribution in [-0.2, 0) is 16.0 Å². The predicted molar refractivity (Wildman–Crippen MR) is 82.3 cm³/mol. The van der Waals surface area contributed by atoms with Gasteiger partial charge in [-0.1, -0.05) is 30.3 Å². The van der Waals surface area contributed by atoms with Gasteiger partial charge >= 0.3 is 5.97 Å². The molecule has 0 aliphatic carbocycles. The molecule has 1 aromatic carbocycles. The molecule has 4 nitrogen and oxygen atoms in total. The maximum absolute atomic E-state index is 11.8. The number of esters is 1. The van der Waals surface area contributed by atoms with E-state index < -0.39 is 12.1 Å². The summed E-state index contributed by atoms with van der Waals surface area (Å²) in [4.78, 5) is 15.7. The first-order chi connectivity index (χ1) is 10.1. The molecule has 0 spiro atoms. The molecule has 110 valence electrons. The predicted octanol–water partition coefficient (Wildman–Crippen LogP) is 3.17. The quantitative estimate of drug-likeness (QED) is 0.655. The molecule has 21 heavy (non-hydrogen) atoms. The lowest BCUT2D eigenvalue weighted by atomic mass is 10.1. The Hall–Kier alpha value is -1.69. The molecule has 1 atom stereocenters. The molecule has 0 saturated carbocycles. The molecule has 1 aromatic heterocycles. The van der Waals surface area contributed by atoms with Crippen molar-refractivity contribution in [3.05, 3.63) is 63.6 Å². The lowest BCUT2D eigenvalue weighted by Crippen LogP contribution is -2.15.